The fraction of sp³-hybridized carbons (Fsp3) is 0.409. The quantitative estimate of drug-likeness (QED) is 0.797. The second kappa shape index (κ2) is 8.71. The van der Waals surface area contributed by atoms with Gasteiger partial charge < -0.3 is 15.0 Å². The van der Waals surface area contributed by atoms with Crippen molar-refractivity contribution in [2.75, 3.05) is 43.1 Å². The smallest absolute Gasteiger partial charge is 0.238 e. The van der Waals surface area contributed by atoms with Crippen LogP contribution in [0, 0.1) is 5.82 Å². The number of ether oxygens (including phenoxy) is 1. The zero-order valence-corrected chi connectivity index (χ0v) is 15.9. The minimum absolute atomic E-state index is 0.0673. The fourth-order valence-electron chi connectivity index (χ4n) is 3.56. The predicted octanol–water partition coefficient (Wildman–Crippen LogP) is 3.27. The molecule has 1 saturated carbocycles. The van der Waals surface area contributed by atoms with E-state index in [0.29, 0.717) is 18.2 Å². The molecule has 28 heavy (non-hydrogen) atoms. The molecule has 0 unspecified atom stereocenters. The highest BCUT2D eigenvalue weighted by molar-refractivity contribution is 5.92. The van der Waals surface area contributed by atoms with Gasteiger partial charge in [-0.2, -0.15) is 0 Å². The van der Waals surface area contributed by atoms with Gasteiger partial charge in [-0.3, -0.25) is 9.69 Å². The van der Waals surface area contributed by atoms with Gasteiger partial charge in [0.05, 0.1) is 19.8 Å². The summed E-state index contributed by atoms with van der Waals surface area (Å²) in [5.41, 5.74) is 2.56. The standard InChI is InChI=1S/C22H26FN3O2/c23-21-4-2-1-3-17(21)15-26(20-9-10-20)16-22(27)24-18-5-7-19(8-6-18)25-11-13-28-14-12-25/h1-8,20H,9-16H2,(H,24,27). The Hall–Kier alpha value is -2.44. The molecule has 148 valence electrons. The summed E-state index contributed by atoms with van der Waals surface area (Å²) in [6, 6.07) is 15.1. The van der Waals surface area contributed by atoms with Gasteiger partial charge in [-0.1, -0.05) is 18.2 Å². The molecule has 2 aromatic carbocycles. The Morgan fingerprint density at radius 2 is 1.82 bits per heavy atom. The first-order chi connectivity index (χ1) is 13.7. The number of nitrogens with one attached hydrogen (secondary N) is 1. The Labute approximate surface area is 165 Å². The molecule has 2 fully saturated rings. The van der Waals surface area contributed by atoms with E-state index in [0.717, 1.165) is 50.5 Å². The van der Waals surface area contributed by atoms with Crippen LogP contribution in [0.2, 0.25) is 0 Å². The van der Waals surface area contributed by atoms with Crippen LogP contribution in [-0.4, -0.2) is 49.7 Å². The van der Waals surface area contributed by atoms with E-state index < -0.39 is 0 Å². The normalized spacial score (nSPS) is 17.0. The molecule has 1 saturated heterocycles. The van der Waals surface area contributed by atoms with Gasteiger partial charge in [-0.25, -0.2) is 4.39 Å². The lowest BCUT2D eigenvalue weighted by molar-refractivity contribution is -0.117. The van der Waals surface area contributed by atoms with Crippen molar-refractivity contribution in [1.82, 2.24) is 4.90 Å². The van der Waals surface area contributed by atoms with E-state index in [-0.39, 0.29) is 18.3 Å². The van der Waals surface area contributed by atoms with Crippen LogP contribution in [0.1, 0.15) is 18.4 Å². The molecular formula is C22H26FN3O2. The zero-order chi connectivity index (χ0) is 19.3. The highest BCUT2D eigenvalue weighted by Crippen LogP contribution is 2.28. The van der Waals surface area contributed by atoms with Crippen molar-refractivity contribution >= 4 is 17.3 Å². The number of anilines is 2. The molecule has 0 aromatic heterocycles. The average molecular weight is 383 g/mol. The summed E-state index contributed by atoms with van der Waals surface area (Å²) in [5, 5.41) is 2.97. The average Bonchev–Trinajstić information content (AvgIpc) is 3.56. The number of halogens is 1. The lowest BCUT2D eigenvalue weighted by Crippen LogP contribution is -2.36. The number of benzene rings is 2. The molecular weight excluding hydrogens is 357 g/mol. The summed E-state index contributed by atoms with van der Waals surface area (Å²) in [6.45, 7) is 4.00. The van der Waals surface area contributed by atoms with Gasteiger partial charge in [0.2, 0.25) is 5.91 Å². The highest BCUT2D eigenvalue weighted by Gasteiger charge is 2.30. The number of carbonyl (C=O) groups excluding carboxylic acids is 1. The van der Waals surface area contributed by atoms with Crippen LogP contribution in [-0.2, 0) is 16.1 Å². The molecule has 1 amide bonds. The molecule has 1 heterocycles. The van der Waals surface area contributed by atoms with Gasteiger partial charge in [0, 0.05) is 42.6 Å². The Morgan fingerprint density at radius 1 is 1.11 bits per heavy atom. The lowest BCUT2D eigenvalue weighted by Gasteiger charge is -2.29. The lowest BCUT2D eigenvalue weighted by atomic mass is 10.2. The largest absolute Gasteiger partial charge is 0.378 e. The molecule has 1 aliphatic carbocycles. The number of rotatable bonds is 7. The van der Waals surface area contributed by atoms with E-state index in [1.807, 2.05) is 30.3 Å². The summed E-state index contributed by atoms with van der Waals surface area (Å²) >= 11 is 0. The van der Waals surface area contributed by atoms with Crippen LogP contribution in [0.5, 0.6) is 0 Å². The maximum atomic E-state index is 14.0. The van der Waals surface area contributed by atoms with Crippen molar-refractivity contribution in [2.45, 2.75) is 25.4 Å². The molecule has 0 radical (unpaired) electrons. The third-order valence-electron chi connectivity index (χ3n) is 5.27. The van der Waals surface area contributed by atoms with Crippen LogP contribution < -0.4 is 10.2 Å². The van der Waals surface area contributed by atoms with Gasteiger partial charge in [0.15, 0.2) is 0 Å². The fourth-order valence-corrected chi connectivity index (χ4v) is 3.56. The number of hydrogen-bond acceptors (Lipinski definition) is 4. The first-order valence-corrected chi connectivity index (χ1v) is 9.89. The summed E-state index contributed by atoms with van der Waals surface area (Å²) < 4.78 is 19.4. The van der Waals surface area contributed by atoms with E-state index in [2.05, 4.69) is 15.1 Å². The molecule has 5 nitrogen and oxygen atoms in total. The number of amides is 1. The second-order valence-corrected chi connectivity index (χ2v) is 7.42. The second-order valence-electron chi connectivity index (χ2n) is 7.42. The molecule has 0 spiro atoms. The molecule has 0 bridgehead atoms. The molecule has 4 rings (SSSR count). The Kier molecular flexibility index (Phi) is 5.88. The van der Waals surface area contributed by atoms with Crippen molar-refractivity contribution in [3.05, 3.63) is 59.9 Å². The van der Waals surface area contributed by atoms with E-state index in [9.17, 15) is 9.18 Å². The summed E-state index contributed by atoms with van der Waals surface area (Å²) in [6.07, 6.45) is 2.13. The molecule has 0 atom stereocenters. The van der Waals surface area contributed by atoms with Gasteiger partial charge >= 0.3 is 0 Å². The van der Waals surface area contributed by atoms with Gasteiger partial charge in [-0.05, 0) is 43.2 Å². The summed E-state index contributed by atoms with van der Waals surface area (Å²) in [5.74, 6) is -0.283. The van der Waals surface area contributed by atoms with Gasteiger partial charge in [0.25, 0.3) is 0 Å². The third-order valence-corrected chi connectivity index (χ3v) is 5.27. The number of hydrogen-bond donors (Lipinski definition) is 1. The SMILES string of the molecule is O=C(CN(Cc1ccccc1F)C1CC1)Nc1ccc(N2CCOCC2)cc1. The summed E-state index contributed by atoms with van der Waals surface area (Å²) in [4.78, 5) is 16.9. The molecule has 2 aliphatic rings. The Balaban J connectivity index is 1.34. The molecule has 1 N–H and O–H groups in total. The van der Waals surface area contributed by atoms with E-state index in [1.54, 1.807) is 12.1 Å². The van der Waals surface area contributed by atoms with Crippen molar-refractivity contribution in [2.24, 2.45) is 0 Å². The van der Waals surface area contributed by atoms with Gasteiger partial charge in [-0.15, -0.1) is 0 Å². The monoisotopic (exact) mass is 383 g/mol. The first kappa shape index (κ1) is 18.9. The third kappa shape index (κ3) is 4.88. The van der Waals surface area contributed by atoms with Gasteiger partial charge in [0.1, 0.15) is 5.82 Å². The minimum Gasteiger partial charge on any atom is -0.378 e. The Morgan fingerprint density at radius 3 is 2.50 bits per heavy atom. The molecule has 1 aliphatic heterocycles. The zero-order valence-electron chi connectivity index (χ0n) is 15.9. The van der Waals surface area contributed by atoms with Crippen molar-refractivity contribution in [3.63, 3.8) is 0 Å². The maximum absolute atomic E-state index is 14.0. The van der Waals surface area contributed by atoms with Crippen LogP contribution in [0.25, 0.3) is 0 Å². The van der Waals surface area contributed by atoms with Crippen LogP contribution in [0.3, 0.4) is 0 Å². The van der Waals surface area contributed by atoms with E-state index >= 15 is 0 Å². The number of carbonyl (C=O) groups is 1. The van der Waals surface area contributed by atoms with Crippen molar-refractivity contribution in [1.29, 1.82) is 0 Å². The van der Waals surface area contributed by atoms with E-state index in [4.69, 9.17) is 4.74 Å². The maximum Gasteiger partial charge on any atom is 0.238 e. The van der Waals surface area contributed by atoms with Crippen molar-refractivity contribution < 1.29 is 13.9 Å². The molecule has 2 aromatic rings. The highest BCUT2D eigenvalue weighted by atomic mass is 19.1. The molecule has 6 heteroatoms. The predicted molar refractivity (Wildman–Crippen MR) is 108 cm³/mol. The van der Waals surface area contributed by atoms with Crippen LogP contribution >= 0.6 is 0 Å². The number of nitrogens with zero attached hydrogens (tertiary/aromatic N) is 2. The Bertz CT molecular complexity index is 802. The minimum atomic E-state index is -0.216. The van der Waals surface area contributed by atoms with Crippen LogP contribution in [0.4, 0.5) is 15.8 Å². The summed E-state index contributed by atoms with van der Waals surface area (Å²) in [7, 11) is 0. The topological polar surface area (TPSA) is 44.8 Å². The van der Waals surface area contributed by atoms with Crippen molar-refractivity contribution in [3.8, 4) is 0 Å². The van der Waals surface area contributed by atoms with Crippen LogP contribution in [0.15, 0.2) is 48.5 Å². The number of morpholine rings is 1. The first-order valence-electron chi connectivity index (χ1n) is 9.89. The van der Waals surface area contributed by atoms with E-state index in [1.165, 1.54) is 6.07 Å².